The first-order chi connectivity index (χ1) is 9.71. The Morgan fingerprint density at radius 1 is 1.10 bits per heavy atom. The van der Waals surface area contributed by atoms with Crippen molar-refractivity contribution < 1.29 is 18.6 Å². The third-order valence-electron chi connectivity index (χ3n) is 3.35. The molecular weight excluding hydrogens is 258 g/mol. The molecule has 0 aliphatic rings. The Kier molecular flexibility index (Phi) is 4.39. The van der Waals surface area contributed by atoms with Gasteiger partial charge in [0.1, 0.15) is 11.3 Å². The van der Waals surface area contributed by atoms with Crippen molar-refractivity contribution in [2.45, 2.75) is 26.3 Å². The molecule has 0 unspecified atom stereocenters. The molecule has 0 aliphatic carbocycles. The fraction of sp³-hybridized carbons (Fsp3) is 0.467. The number of hydrogen-bond acceptors (Lipinski definition) is 5. The predicted molar refractivity (Wildman–Crippen MR) is 77.8 cm³/mol. The van der Waals surface area contributed by atoms with Gasteiger partial charge in [0.25, 0.3) is 0 Å². The van der Waals surface area contributed by atoms with E-state index in [2.05, 4.69) is 6.92 Å². The number of furan rings is 1. The lowest BCUT2D eigenvalue weighted by Crippen LogP contribution is -1.99. The first kappa shape index (κ1) is 14.5. The molecule has 5 heteroatoms. The van der Waals surface area contributed by atoms with Crippen molar-refractivity contribution in [3.05, 3.63) is 17.4 Å². The average molecular weight is 279 g/mol. The summed E-state index contributed by atoms with van der Waals surface area (Å²) in [4.78, 5) is 0. The van der Waals surface area contributed by atoms with Gasteiger partial charge in [0.2, 0.25) is 5.75 Å². The van der Waals surface area contributed by atoms with Crippen molar-refractivity contribution in [3.8, 4) is 17.2 Å². The second kappa shape index (κ2) is 6.05. The monoisotopic (exact) mass is 279 g/mol. The van der Waals surface area contributed by atoms with Crippen LogP contribution in [0.3, 0.4) is 0 Å². The molecule has 2 rings (SSSR count). The Morgan fingerprint density at radius 2 is 1.80 bits per heavy atom. The molecule has 0 saturated carbocycles. The summed E-state index contributed by atoms with van der Waals surface area (Å²) < 4.78 is 22.1. The highest BCUT2D eigenvalue weighted by atomic mass is 16.5. The van der Waals surface area contributed by atoms with E-state index in [-0.39, 0.29) is 0 Å². The van der Waals surface area contributed by atoms with Gasteiger partial charge >= 0.3 is 0 Å². The maximum atomic E-state index is 5.84. The van der Waals surface area contributed by atoms with Crippen LogP contribution in [0, 0.1) is 0 Å². The van der Waals surface area contributed by atoms with E-state index in [9.17, 15) is 0 Å². The van der Waals surface area contributed by atoms with Crippen LogP contribution in [0.4, 0.5) is 0 Å². The minimum absolute atomic E-state index is 0.359. The molecule has 0 amide bonds. The molecule has 5 nitrogen and oxygen atoms in total. The molecule has 1 aromatic heterocycles. The summed E-state index contributed by atoms with van der Waals surface area (Å²) in [7, 11) is 4.79. The molecule has 2 aromatic rings. The van der Waals surface area contributed by atoms with Crippen molar-refractivity contribution in [2.75, 3.05) is 21.3 Å². The molecule has 0 saturated heterocycles. The minimum atomic E-state index is 0.359. The molecule has 0 bridgehead atoms. The molecule has 2 N–H and O–H groups in total. The summed E-state index contributed by atoms with van der Waals surface area (Å²) in [6, 6.07) is 1.81. The van der Waals surface area contributed by atoms with E-state index in [1.165, 1.54) is 0 Å². The first-order valence-electron chi connectivity index (χ1n) is 6.65. The third-order valence-corrected chi connectivity index (χ3v) is 3.35. The number of hydrogen-bond donors (Lipinski definition) is 1. The molecular formula is C15H21NO4. The summed E-state index contributed by atoms with van der Waals surface area (Å²) in [6.45, 7) is 2.48. The fourth-order valence-electron chi connectivity index (χ4n) is 2.51. The number of fused-ring (bicyclic) bond motifs is 1. The first-order valence-corrected chi connectivity index (χ1v) is 6.65. The summed E-state index contributed by atoms with van der Waals surface area (Å²) in [5.41, 5.74) is 7.58. The molecule has 1 aromatic carbocycles. The Bertz CT molecular complexity index is 604. The standard InChI is InChI=1S/C15H21NO4/c1-5-6-9-12(8-16)20-10-7-11(17-2)14(18-3)15(19-4)13(9)10/h7H,5-6,8,16H2,1-4H3. The maximum Gasteiger partial charge on any atom is 0.204 e. The summed E-state index contributed by atoms with van der Waals surface area (Å²) in [6.07, 6.45) is 1.88. The number of rotatable bonds is 6. The van der Waals surface area contributed by atoms with Gasteiger partial charge in [0, 0.05) is 11.6 Å². The van der Waals surface area contributed by atoms with E-state index >= 15 is 0 Å². The molecule has 0 fully saturated rings. The Morgan fingerprint density at radius 3 is 2.30 bits per heavy atom. The quantitative estimate of drug-likeness (QED) is 0.880. The summed E-state index contributed by atoms with van der Waals surface area (Å²) in [5, 5.41) is 0.924. The van der Waals surface area contributed by atoms with Gasteiger partial charge in [-0.2, -0.15) is 0 Å². The highest BCUT2D eigenvalue weighted by molar-refractivity contribution is 5.93. The smallest absolute Gasteiger partial charge is 0.204 e. The van der Waals surface area contributed by atoms with E-state index in [4.69, 9.17) is 24.4 Å². The van der Waals surface area contributed by atoms with Gasteiger partial charge in [-0.05, 0) is 6.42 Å². The van der Waals surface area contributed by atoms with Crippen LogP contribution >= 0.6 is 0 Å². The zero-order valence-electron chi connectivity index (χ0n) is 12.4. The lowest BCUT2D eigenvalue weighted by Gasteiger charge is -2.13. The predicted octanol–water partition coefficient (Wildman–Crippen LogP) is 2.87. The van der Waals surface area contributed by atoms with Gasteiger partial charge in [0.15, 0.2) is 11.5 Å². The van der Waals surface area contributed by atoms with E-state index in [1.807, 2.05) is 6.07 Å². The zero-order valence-corrected chi connectivity index (χ0v) is 12.4. The molecule has 0 radical (unpaired) electrons. The van der Waals surface area contributed by atoms with Gasteiger partial charge in [-0.15, -0.1) is 0 Å². The number of methoxy groups -OCH3 is 3. The van der Waals surface area contributed by atoms with Crippen LogP contribution < -0.4 is 19.9 Å². The number of ether oxygens (including phenoxy) is 3. The van der Waals surface area contributed by atoms with Gasteiger partial charge in [-0.1, -0.05) is 13.3 Å². The van der Waals surface area contributed by atoms with Crippen molar-refractivity contribution in [1.82, 2.24) is 0 Å². The van der Waals surface area contributed by atoms with Crippen LogP contribution in [-0.4, -0.2) is 21.3 Å². The third kappa shape index (κ3) is 2.18. The lowest BCUT2D eigenvalue weighted by molar-refractivity contribution is 0.326. The summed E-state index contributed by atoms with van der Waals surface area (Å²) in [5.74, 6) is 2.57. The second-order valence-corrected chi connectivity index (χ2v) is 4.48. The minimum Gasteiger partial charge on any atom is -0.493 e. The number of nitrogens with two attached hydrogens (primary N) is 1. The average Bonchev–Trinajstić information content (AvgIpc) is 2.83. The number of benzene rings is 1. The van der Waals surface area contributed by atoms with Gasteiger partial charge < -0.3 is 24.4 Å². The number of aryl methyl sites for hydroxylation is 1. The van der Waals surface area contributed by atoms with Gasteiger partial charge in [-0.3, -0.25) is 0 Å². The second-order valence-electron chi connectivity index (χ2n) is 4.48. The van der Waals surface area contributed by atoms with E-state index in [0.29, 0.717) is 29.4 Å². The SMILES string of the molecule is CCCc1c(CN)oc2cc(OC)c(OC)c(OC)c12. The van der Waals surface area contributed by atoms with Crippen LogP contribution in [0.1, 0.15) is 24.7 Å². The van der Waals surface area contributed by atoms with Gasteiger partial charge in [-0.25, -0.2) is 0 Å². The molecule has 20 heavy (non-hydrogen) atoms. The van der Waals surface area contributed by atoms with Crippen molar-refractivity contribution in [2.24, 2.45) is 5.73 Å². The van der Waals surface area contributed by atoms with Crippen LogP contribution in [-0.2, 0) is 13.0 Å². The van der Waals surface area contributed by atoms with E-state index in [1.54, 1.807) is 21.3 Å². The normalized spacial score (nSPS) is 10.8. The Labute approximate surface area is 118 Å². The fourth-order valence-corrected chi connectivity index (χ4v) is 2.51. The van der Waals surface area contributed by atoms with Crippen LogP contribution in [0.25, 0.3) is 11.0 Å². The maximum absolute atomic E-state index is 5.84. The van der Waals surface area contributed by atoms with E-state index < -0.39 is 0 Å². The lowest BCUT2D eigenvalue weighted by atomic mass is 10.0. The van der Waals surface area contributed by atoms with Crippen molar-refractivity contribution in [3.63, 3.8) is 0 Å². The highest BCUT2D eigenvalue weighted by Gasteiger charge is 2.23. The van der Waals surface area contributed by atoms with Crippen molar-refractivity contribution in [1.29, 1.82) is 0 Å². The molecule has 0 atom stereocenters. The Hall–Kier alpha value is -1.88. The van der Waals surface area contributed by atoms with Crippen LogP contribution in [0.15, 0.2) is 10.5 Å². The van der Waals surface area contributed by atoms with E-state index in [0.717, 1.165) is 29.6 Å². The topological polar surface area (TPSA) is 66.9 Å². The zero-order chi connectivity index (χ0) is 14.7. The Balaban J connectivity index is 2.83. The van der Waals surface area contributed by atoms with Gasteiger partial charge in [0.05, 0.1) is 33.3 Å². The molecule has 0 aliphatic heterocycles. The molecule has 0 spiro atoms. The molecule has 1 heterocycles. The molecule has 110 valence electrons. The largest absolute Gasteiger partial charge is 0.493 e. The summed E-state index contributed by atoms with van der Waals surface area (Å²) >= 11 is 0. The highest BCUT2D eigenvalue weighted by Crippen LogP contribution is 2.46. The van der Waals surface area contributed by atoms with Crippen molar-refractivity contribution >= 4 is 11.0 Å². The van der Waals surface area contributed by atoms with Crippen LogP contribution in [0.2, 0.25) is 0 Å². The van der Waals surface area contributed by atoms with Crippen LogP contribution in [0.5, 0.6) is 17.2 Å².